The fourth-order valence-electron chi connectivity index (χ4n) is 5.16. The van der Waals surface area contributed by atoms with Crippen molar-refractivity contribution >= 4 is 11.6 Å². The molecule has 3 aromatic carbocycles. The number of H-pyrrole nitrogens is 1. The molecule has 1 fully saturated rings. The summed E-state index contributed by atoms with van der Waals surface area (Å²) in [5, 5.41) is 10.6. The number of alkyl halides is 1. The number of rotatable bonds is 9. The van der Waals surface area contributed by atoms with Crippen molar-refractivity contribution in [2.24, 2.45) is 0 Å². The predicted octanol–water partition coefficient (Wildman–Crippen LogP) is 3.81. The van der Waals surface area contributed by atoms with E-state index in [0.29, 0.717) is 5.75 Å². The molecule has 0 bridgehead atoms. The van der Waals surface area contributed by atoms with E-state index in [1.165, 1.54) is 16.8 Å². The van der Waals surface area contributed by atoms with Crippen LogP contribution in [0.1, 0.15) is 29.3 Å². The second kappa shape index (κ2) is 11.2. The summed E-state index contributed by atoms with van der Waals surface area (Å²) >= 11 is 6.46. The molecule has 4 aromatic rings. The van der Waals surface area contributed by atoms with Crippen LogP contribution in [0.2, 0.25) is 0 Å². The molecule has 0 spiro atoms. The Morgan fingerprint density at radius 2 is 1.56 bits per heavy atom. The summed E-state index contributed by atoms with van der Waals surface area (Å²) in [6, 6.07) is 28.4. The monoisotopic (exact) mass is 548 g/mol. The van der Waals surface area contributed by atoms with Crippen LogP contribution in [0.3, 0.4) is 0 Å². The Kier molecular flexibility index (Phi) is 7.72. The molecule has 202 valence electrons. The van der Waals surface area contributed by atoms with E-state index in [0.717, 1.165) is 16.7 Å². The zero-order valence-electron chi connectivity index (χ0n) is 21.3. The highest BCUT2D eigenvalue weighted by atomic mass is 35.5. The van der Waals surface area contributed by atoms with Gasteiger partial charge in [0.15, 0.2) is 0 Å². The number of benzene rings is 3. The van der Waals surface area contributed by atoms with Gasteiger partial charge >= 0.3 is 5.69 Å². The number of hydrogen-bond donors (Lipinski definition) is 2. The van der Waals surface area contributed by atoms with Crippen molar-refractivity contribution in [3.8, 4) is 5.75 Å². The van der Waals surface area contributed by atoms with E-state index in [1.54, 1.807) is 7.11 Å². The minimum Gasteiger partial charge on any atom is -0.497 e. The third-order valence-corrected chi connectivity index (χ3v) is 7.66. The number of nitrogens with one attached hydrogen (secondary N) is 1. The van der Waals surface area contributed by atoms with Crippen LogP contribution in [-0.4, -0.2) is 46.0 Å². The number of halogens is 1. The molecule has 3 atom stereocenters. The van der Waals surface area contributed by atoms with Gasteiger partial charge in [-0.15, -0.1) is 11.6 Å². The molecule has 2 N–H and O–H groups in total. The summed E-state index contributed by atoms with van der Waals surface area (Å²) in [4.78, 5) is 26.5. The van der Waals surface area contributed by atoms with Crippen LogP contribution in [0.5, 0.6) is 5.75 Å². The van der Waals surface area contributed by atoms with Crippen molar-refractivity contribution in [1.29, 1.82) is 0 Å². The standard InChI is InChI=1S/C30H29ClN2O6/c1-37-24-14-12-23(13-15-24)30(21-8-4-2-5-9-21,22-10-6-3-7-11-22)38-25-18-27(39-29(25,19-31)20-34)33-17-16-26(35)32-28(33)36/h2-17,25,27,34H,18-20H2,1H3,(H,32,35,36)/t25-,27+,29+/m0/s1. The van der Waals surface area contributed by atoms with Gasteiger partial charge in [0.25, 0.3) is 5.56 Å². The molecule has 8 nitrogen and oxygen atoms in total. The van der Waals surface area contributed by atoms with Crippen LogP contribution >= 0.6 is 11.6 Å². The lowest BCUT2D eigenvalue weighted by atomic mass is 9.79. The number of methoxy groups -OCH3 is 1. The van der Waals surface area contributed by atoms with Crippen molar-refractivity contribution in [2.45, 2.75) is 30.0 Å². The maximum atomic E-state index is 12.6. The maximum Gasteiger partial charge on any atom is 0.330 e. The SMILES string of the molecule is COc1ccc(C(O[C@H]2C[C@H](n3ccc(=O)[nH]c3=O)O[C@@]2(CO)CCl)(c2ccccc2)c2ccccc2)cc1. The van der Waals surface area contributed by atoms with Crippen LogP contribution in [0.25, 0.3) is 0 Å². The largest absolute Gasteiger partial charge is 0.497 e. The summed E-state index contributed by atoms with van der Waals surface area (Å²) in [5.41, 5.74) is -1.07. The molecule has 0 aliphatic carbocycles. The molecule has 1 aromatic heterocycles. The van der Waals surface area contributed by atoms with Crippen LogP contribution in [0.4, 0.5) is 0 Å². The predicted molar refractivity (Wildman–Crippen MR) is 147 cm³/mol. The van der Waals surface area contributed by atoms with Crippen molar-refractivity contribution in [3.63, 3.8) is 0 Å². The molecule has 1 aliphatic rings. The van der Waals surface area contributed by atoms with Gasteiger partial charge in [-0.2, -0.15) is 0 Å². The molecule has 0 saturated carbocycles. The summed E-state index contributed by atoms with van der Waals surface area (Å²) in [5.74, 6) is 0.603. The first-order valence-electron chi connectivity index (χ1n) is 12.6. The van der Waals surface area contributed by atoms with Crippen LogP contribution < -0.4 is 16.0 Å². The zero-order valence-corrected chi connectivity index (χ0v) is 22.1. The molecule has 0 unspecified atom stereocenters. The number of aromatic amines is 1. The first-order valence-corrected chi connectivity index (χ1v) is 13.1. The molecule has 9 heteroatoms. The molecule has 2 heterocycles. The summed E-state index contributed by atoms with van der Waals surface area (Å²) in [7, 11) is 1.61. The van der Waals surface area contributed by atoms with E-state index >= 15 is 0 Å². The molecule has 5 rings (SSSR count). The quantitative estimate of drug-likeness (QED) is 0.243. The Balaban J connectivity index is 1.69. The summed E-state index contributed by atoms with van der Waals surface area (Å²) in [6.45, 7) is -0.446. The second-order valence-electron chi connectivity index (χ2n) is 9.43. The average Bonchev–Trinajstić information content (AvgIpc) is 3.35. The van der Waals surface area contributed by atoms with Crippen LogP contribution in [0.15, 0.2) is 107 Å². The minimum absolute atomic E-state index is 0.0922. The summed E-state index contributed by atoms with van der Waals surface area (Å²) in [6.07, 6.45) is -0.0244. The van der Waals surface area contributed by atoms with Crippen molar-refractivity contribution in [1.82, 2.24) is 9.55 Å². The first-order chi connectivity index (χ1) is 19.0. The molecular formula is C30H29ClN2O6. The second-order valence-corrected chi connectivity index (χ2v) is 9.70. The van der Waals surface area contributed by atoms with Gasteiger partial charge in [0.2, 0.25) is 0 Å². The lowest BCUT2D eigenvalue weighted by Crippen LogP contribution is -2.50. The molecule has 39 heavy (non-hydrogen) atoms. The van der Waals surface area contributed by atoms with Gasteiger partial charge in [-0.05, 0) is 28.8 Å². The Labute approximate surface area is 230 Å². The fraction of sp³-hybridized carbons (Fsp3) is 0.267. The number of aromatic nitrogens is 2. The Bertz CT molecular complexity index is 1460. The van der Waals surface area contributed by atoms with Gasteiger partial charge in [-0.3, -0.25) is 14.3 Å². The normalized spacial score (nSPS) is 21.1. The molecular weight excluding hydrogens is 520 g/mol. The smallest absolute Gasteiger partial charge is 0.330 e. The van der Waals surface area contributed by atoms with E-state index in [4.69, 9.17) is 25.8 Å². The molecule has 0 radical (unpaired) electrons. The van der Waals surface area contributed by atoms with E-state index in [9.17, 15) is 14.7 Å². The van der Waals surface area contributed by atoms with Gasteiger partial charge in [0.1, 0.15) is 23.2 Å². The number of ether oxygens (including phenoxy) is 3. The van der Waals surface area contributed by atoms with E-state index < -0.39 is 41.4 Å². The number of aliphatic hydroxyl groups is 1. The van der Waals surface area contributed by atoms with Gasteiger partial charge < -0.3 is 19.3 Å². The minimum atomic E-state index is -1.33. The Morgan fingerprint density at radius 3 is 2.08 bits per heavy atom. The topological polar surface area (TPSA) is 103 Å². The zero-order chi connectivity index (χ0) is 27.5. The van der Waals surface area contributed by atoms with Crippen molar-refractivity contribution in [3.05, 3.63) is 135 Å². The third kappa shape index (κ3) is 4.92. The van der Waals surface area contributed by atoms with Gasteiger partial charge in [0.05, 0.1) is 25.7 Å². The van der Waals surface area contributed by atoms with E-state index in [-0.39, 0.29) is 12.3 Å². The Morgan fingerprint density at radius 1 is 0.974 bits per heavy atom. The molecule has 1 saturated heterocycles. The highest BCUT2D eigenvalue weighted by Gasteiger charge is 2.54. The highest BCUT2D eigenvalue weighted by Crippen LogP contribution is 2.48. The van der Waals surface area contributed by atoms with E-state index in [1.807, 2.05) is 84.9 Å². The number of nitrogens with zero attached hydrogens (tertiary/aromatic N) is 1. The maximum absolute atomic E-state index is 12.6. The molecule has 1 aliphatic heterocycles. The van der Waals surface area contributed by atoms with Crippen LogP contribution in [-0.2, 0) is 15.1 Å². The number of hydrogen-bond acceptors (Lipinski definition) is 6. The van der Waals surface area contributed by atoms with Crippen molar-refractivity contribution in [2.75, 3.05) is 19.6 Å². The Hall–Kier alpha value is -3.69. The van der Waals surface area contributed by atoms with Gasteiger partial charge in [-0.25, -0.2) is 4.79 Å². The number of aliphatic hydroxyl groups excluding tert-OH is 1. The van der Waals surface area contributed by atoms with Crippen molar-refractivity contribution < 1.29 is 19.3 Å². The van der Waals surface area contributed by atoms with E-state index in [2.05, 4.69) is 4.98 Å². The lowest BCUT2D eigenvalue weighted by Gasteiger charge is -2.41. The fourth-order valence-corrected chi connectivity index (χ4v) is 5.48. The molecule has 0 amide bonds. The highest BCUT2D eigenvalue weighted by molar-refractivity contribution is 6.18. The first kappa shape index (κ1) is 26.9. The lowest BCUT2D eigenvalue weighted by molar-refractivity contribution is -0.152. The van der Waals surface area contributed by atoms with Crippen LogP contribution in [0, 0.1) is 0 Å². The third-order valence-electron chi connectivity index (χ3n) is 7.20. The average molecular weight is 549 g/mol. The summed E-state index contributed by atoms with van der Waals surface area (Å²) < 4.78 is 20.1. The van der Waals surface area contributed by atoms with Gasteiger partial charge in [0, 0.05) is 18.7 Å². The van der Waals surface area contributed by atoms with Gasteiger partial charge in [-0.1, -0.05) is 72.8 Å².